The van der Waals surface area contributed by atoms with Gasteiger partial charge < -0.3 is 10.5 Å². The third-order valence-corrected chi connectivity index (χ3v) is 4.06. The first kappa shape index (κ1) is 12.7. The van der Waals surface area contributed by atoms with Crippen LogP contribution in [0.25, 0.3) is 0 Å². The van der Waals surface area contributed by atoms with Crippen LogP contribution in [0.5, 0.6) is 5.75 Å². The van der Waals surface area contributed by atoms with E-state index >= 15 is 0 Å². The molecule has 2 N–H and O–H groups in total. The van der Waals surface area contributed by atoms with Crippen molar-refractivity contribution in [2.75, 3.05) is 13.7 Å². The number of ether oxygens (including phenoxy) is 1. The van der Waals surface area contributed by atoms with Crippen molar-refractivity contribution in [3.8, 4) is 5.75 Å². The smallest absolute Gasteiger partial charge is 0.140 e. The van der Waals surface area contributed by atoms with Crippen molar-refractivity contribution in [2.45, 2.75) is 31.1 Å². The van der Waals surface area contributed by atoms with Crippen LogP contribution in [0.3, 0.4) is 0 Å². The Bertz CT molecular complexity index is 416. The van der Waals surface area contributed by atoms with Crippen molar-refractivity contribution in [3.63, 3.8) is 0 Å². The lowest BCUT2D eigenvalue weighted by Gasteiger charge is -2.28. The van der Waals surface area contributed by atoms with Crippen LogP contribution < -0.4 is 10.5 Å². The predicted molar refractivity (Wildman–Crippen MR) is 67.2 cm³/mol. The van der Waals surface area contributed by atoms with Gasteiger partial charge >= 0.3 is 0 Å². The van der Waals surface area contributed by atoms with Gasteiger partial charge in [-0.05, 0) is 24.5 Å². The van der Waals surface area contributed by atoms with E-state index in [0.717, 1.165) is 25.7 Å². The molecular weight excluding hydrogens is 241 g/mol. The number of nitrogens with two attached hydrogens (primary N) is 1. The molecule has 94 valence electrons. The molecule has 1 aliphatic carbocycles. The molecule has 0 unspecified atom stereocenters. The van der Waals surface area contributed by atoms with Crippen LogP contribution in [0.2, 0.25) is 5.02 Å². The summed E-state index contributed by atoms with van der Waals surface area (Å²) in [6.45, 7) is 0.465. The Hall–Kier alpha value is -0.800. The second kappa shape index (κ2) is 4.83. The lowest BCUT2D eigenvalue weighted by Crippen LogP contribution is -2.33. The van der Waals surface area contributed by atoms with Crippen molar-refractivity contribution >= 4 is 11.6 Å². The normalized spacial score (nSPS) is 18.4. The molecular formula is C13H17ClFNO. The molecule has 1 aromatic carbocycles. The standard InChI is InChI=1S/C13H17ClFNO/c1-17-12-7-11(15)9(6-10(12)14)13(8-16)4-2-3-5-13/h6-7H,2-5,8,16H2,1H3. The van der Waals surface area contributed by atoms with E-state index in [1.807, 2.05) is 0 Å². The SMILES string of the molecule is COc1cc(F)c(C2(CN)CCCC2)cc1Cl. The zero-order valence-electron chi connectivity index (χ0n) is 9.93. The molecule has 17 heavy (non-hydrogen) atoms. The lowest BCUT2D eigenvalue weighted by atomic mass is 9.78. The van der Waals surface area contributed by atoms with E-state index in [1.54, 1.807) is 6.07 Å². The van der Waals surface area contributed by atoms with Crippen LogP contribution in [0.15, 0.2) is 12.1 Å². The molecule has 2 rings (SSSR count). The molecule has 1 fully saturated rings. The first-order chi connectivity index (χ1) is 8.13. The summed E-state index contributed by atoms with van der Waals surface area (Å²) in [5.41, 5.74) is 6.26. The van der Waals surface area contributed by atoms with Gasteiger partial charge in [0.15, 0.2) is 0 Å². The van der Waals surface area contributed by atoms with Crippen molar-refractivity contribution in [1.29, 1.82) is 0 Å². The van der Waals surface area contributed by atoms with Gasteiger partial charge in [0.2, 0.25) is 0 Å². The second-order valence-electron chi connectivity index (χ2n) is 4.66. The minimum absolute atomic E-state index is 0.236. The summed E-state index contributed by atoms with van der Waals surface area (Å²) in [5.74, 6) is 0.108. The maximum absolute atomic E-state index is 14.1. The van der Waals surface area contributed by atoms with E-state index < -0.39 is 0 Å². The first-order valence-corrected chi connectivity index (χ1v) is 6.24. The Morgan fingerprint density at radius 3 is 2.59 bits per heavy atom. The van der Waals surface area contributed by atoms with Gasteiger partial charge in [0.25, 0.3) is 0 Å². The van der Waals surface area contributed by atoms with Gasteiger partial charge in [0.1, 0.15) is 11.6 Å². The van der Waals surface area contributed by atoms with Gasteiger partial charge in [0.05, 0.1) is 12.1 Å². The fraction of sp³-hybridized carbons (Fsp3) is 0.538. The Balaban J connectivity index is 2.47. The highest BCUT2D eigenvalue weighted by molar-refractivity contribution is 6.32. The van der Waals surface area contributed by atoms with Crippen molar-refractivity contribution in [1.82, 2.24) is 0 Å². The van der Waals surface area contributed by atoms with Crippen LogP contribution in [-0.2, 0) is 5.41 Å². The minimum atomic E-state index is -0.265. The average molecular weight is 258 g/mol. The third kappa shape index (κ3) is 2.14. The molecule has 0 saturated heterocycles. The van der Waals surface area contributed by atoms with Gasteiger partial charge in [0, 0.05) is 18.0 Å². The molecule has 4 heteroatoms. The largest absolute Gasteiger partial charge is 0.495 e. The van der Waals surface area contributed by atoms with E-state index in [2.05, 4.69) is 0 Å². The molecule has 0 amide bonds. The molecule has 0 radical (unpaired) electrons. The molecule has 1 saturated carbocycles. The van der Waals surface area contributed by atoms with Crippen molar-refractivity contribution in [3.05, 3.63) is 28.5 Å². The molecule has 1 aromatic rings. The predicted octanol–water partition coefficient (Wildman–Crippen LogP) is 3.26. The van der Waals surface area contributed by atoms with Crippen LogP contribution in [0.1, 0.15) is 31.2 Å². The maximum Gasteiger partial charge on any atom is 0.140 e. The summed E-state index contributed by atoms with van der Waals surface area (Å²) in [5, 5.41) is 0.448. The number of halogens is 2. The van der Waals surface area contributed by atoms with Gasteiger partial charge in [-0.1, -0.05) is 24.4 Å². The topological polar surface area (TPSA) is 35.2 Å². The summed E-state index contributed by atoms with van der Waals surface area (Å²) in [4.78, 5) is 0. The molecule has 0 aromatic heterocycles. The molecule has 0 atom stereocenters. The summed E-state index contributed by atoms with van der Waals surface area (Å²) < 4.78 is 19.1. The number of methoxy groups -OCH3 is 1. The van der Waals surface area contributed by atoms with Crippen LogP contribution in [0, 0.1) is 5.82 Å². The molecule has 1 aliphatic rings. The fourth-order valence-corrected chi connectivity index (χ4v) is 2.97. The minimum Gasteiger partial charge on any atom is -0.495 e. The van der Waals surface area contributed by atoms with E-state index in [4.69, 9.17) is 22.1 Å². The van der Waals surface area contributed by atoms with E-state index in [9.17, 15) is 4.39 Å². The van der Waals surface area contributed by atoms with Crippen LogP contribution in [-0.4, -0.2) is 13.7 Å². The summed E-state index contributed by atoms with van der Waals surface area (Å²) in [6.07, 6.45) is 4.06. The molecule has 0 heterocycles. The van der Waals surface area contributed by atoms with Gasteiger partial charge in [-0.15, -0.1) is 0 Å². The Kier molecular flexibility index (Phi) is 3.59. The van der Waals surface area contributed by atoms with E-state index in [-0.39, 0.29) is 11.2 Å². The van der Waals surface area contributed by atoms with Crippen LogP contribution in [0.4, 0.5) is 4.39 Å². The lowest BCUT2D eigenvalue weighted by molar-refractivity contribution is 0.401. The fourth-order valence-electron chi connectivity index (χ4n) is 2.73. The Morgan fingerprint density at radius 1 is 1.41 bits per heavy atom. The van der Waals surface area contributed by atoms with Crippen molar-refractivity contribution < 1.29 is 9.13 Å². The summed E-state index contributed by atoms with van der Waals surface area (Å²) in [6, 6.07) is 3.03. The molecule has 0 bridgehead atoms. The molecule has 2 nitrogen and oxygen atoms in total. The quantitative estimate of drug-likeness (QED) is 0.902. The highest BCUT2D eigenvalue weighted by Crippen LogP contribution is 2.43. The maximum atomic E-state index is 14.1. The monoisotopic (exact) mass is 257 g/mol. The first-order valence-electron chi connectivity index (χ1n) is 5.86. The number of hydrogen-bond donors (Lipinski definition) is 1. The summed E-state index contributed by atoms with van der Waals surface area (Å²) >= 11 is 6.07. The van der Waals surface area contributed by atoms with Gasteiger partial charge in [-0.25, -0.2) is 4.39 Å². The second-order valence-corrected chi connectivity index (χ2v) is 5.07. The zero-order chi connectivity index (χ0) is 12.5. The zero-order valence-corrected chi connectivity index (χ0v) is 10.7. The highest BCUT2D eigenvalue weighted by Gasteiger charge is 2.36. The number of rotatable bonds is 3. The average Bonchev–Trinajstić information content (AvgIpc) is 2.81. The van der Waals surface area contributed by atoms with Gasteiger partial charge in [-0.2, -0.15) is 0 Å². The van der Waals surface area contributed by atoms with E-state index in [0.29, 0.717) is 22.9 Å². The van der Waals surface area contributed by atoms with Crippen molar-refractivity contribution in [2.24, 2.45) is 5.73 Å². The number of benzene rings is 1. The molecule has 0 aliphatic heterocycles. The van der Waals surface area contributed by atoms with Gasteiger partial charge in [-0.3, -0.25) is 0 Å². The Labute approximate surface area is 106 Å². The number of hydrogen-bond acceptors (Lipinski definition) is 2. The third-order valence-electron chi connectivity index (χ3n) is 3.76. The molecule has 0 spiro atoms. The highest BCUT2D eigenvalue weighted by atomic mass is 35.5. The van der Waals surface area contributed by atoms with E-state index in [1.165, 1.54) is 13.2 Å². The Morgan fingerprint density at radius 2 is 2.06 bits per heavy atom. The summed E-state index contributed by atoms with van der Waals surface area (Å²) in [7, 11) is 1.48. The van der Waals surface area contributed by atoms with Crippen LogP contribution >= 0.6 is 11.6 Å².